The molecule has 0 saturated carbocycles. The molecule has 2 N–H and O–H groups in total. The molecule has 1 unspecified atom stereocenters. The summed E-state index contributed by atoms with van der Waals surface area (Å²) < 4.78 is 0. The average molecular weight is 428 g/mol. The fourth-order valence-electron chi connectivity index (χ4n) is 4.35. The van der Waals surface area contributed by atoms with Gasteiger partial charge >= 0.3 is 6.03 Å². The molecule has 1 atom stereocenters. The molecule has 1 aromatic heterocycles. The standard InChI is InChI=1S/C25H25N5O2/c1-17-8-10-19(11-9-17)30-14-12-22(24(30)31)28-25(32)27-21-6-4-5-18-15-29(16-20(18)21)23-7-2-3-13-26-23/h2-11,13,22H,12,14-16H2,1H3,(H2,27,28,32). The SMILES string of the molecule is Cc1ccc(N2CCC(NC(=O)Nc3cccc4c3CN(c3ccccn3)C4)C2=O)cc1. The molecule has 0 aliphatic carbocycles. The first-order valence-corrected chi connectivity index (χ1v) is 10.8. The van der Waals surface area contributed by atoms with E-state index in [2.05, 4.69) is 26.6 Å². The van der Waals surface area contributed by atoms with Gasteiger partial charge in [0.25, 0.3) is 0 Å². The first-order chi connectivity index (χ1) is 15.6. The molecule has 7 heteroatoms. The molecule has 5 rings (SSSR count). The summed E-state index contributed by atoms with van der Waals surface area (Å²) >= 11 is 0. The second kappa shape index (κ2) is 8.34. The Hall–Kier alpha value is -3.87. The van der Waals surface area contributed by atoms with Crippen LogP contribution in [0, 0.1) is 6.92 Å². The Balaban J connectivity index is 1.24. The number of aromatic nitrogens is 1. The molecule has 0 radical (unpaired) electrons. The maximum atomic E-state index is 12.8. The third kappa shape index (κ3) is 3.89. The predicted octanol–water partition coefficient (Wildman–Crippen LogP) is 3.84. The molecule has 3 heterocycles. The molecule has 162 valence electrons. The van der Waals surface area contributed by atoms with Gasteiger partial charge in [-0.3, -0.25) is 4.79 Å². The van der Waals surface area contributed by atoms with Gasteiger partial charge in [-0.15, -0.1) is 0 Å². The number of benzene rings is 2. The Bertz CT molecular complexity index is 1150. The van der Waals surface area contributed by atoms with E-state index in [1.807, 2.05) is 61.5 Å². The van der Waals surface area contributed by atoms with Gasteiger partial charge in [0.15, 0.2) is 0 Å². The van der Waals surface area contributed by atoms with Crippen LogP contribution in [-0.2, 0) is 17.9 Å². The van der Waals surface area contributed by atoms with Crippen molar-refractivity contribution in [1.29, 1.82) is 0 Å². The summed E-state index contributed by atoms with van der Waals surface area (Å²) in [6.07, 6.45) is 2.36. The quantitative estimate of drug-likeness (QED) is 0.663. The Morgan fingerprint density at radius 2 is 1.88 bits per heavy atom. The normalized spacial score (nSPS) is 17.4. The van der Waals surface area contributed by atoms with Crippen molar-refractivity contribution in [3.8, 4) is 0 Å². The van der Waals surface area contributed by atoms with Crippen LogP contribution in [0.1, 0.15) is 23.1 Å². The van der Waals surface area contributed by atoms with Crippen molar-refractivity contribution < 1.29 is 9.59 Å². The number of fused-ring (bicyclic) bond motifs is 1. The van der Waals surface area contributed by atoms with Crippen LogP contribution in [-0.4, -0.2) is 29.5 Å². The number of pyridine rings is 1. The number of hydrogen-bond acceptors (Lipinski definition) is 4. The molecule has 2 aliphatic rings. The fourth-order valence-corrected chi connectivity index (χ4v) is 4.35. The van der Waals surface area contributed by atoms with E-state index in [1.54, 1.807) is 11.1 Å². The van der Waals surface area contributed by atoms with Crippen LogP contribution >= 0.6 is 0 Å². The Kier molecular flexibility index (Phi) is 5.23. The van der Waals surface area contributed by atoms with Gasteiger partial charge in [0, 0.05) is 42.8 Å². The number of nitrogens with zero attached hydrogens (tertiary/aromatic N) is 3. The molecule has 32 heavy (non-hydrogen) atoms. The van der Waals surface area contributed by atoms with Crippen LogP contribution in [0.2, 0.25) is 0 Å². The minimum atomic E-state index is -0.530. The molecule has 1 saturated heterocycles. The molecular weight excluding hydrogens is 402 g/mol. The lowest BCUT2D eigenvalue weighted by Gasteiger charge is -2.18. The van der Waals surface area contributed by atoms with E-state index in [9.17, 15) is 9.59 Å². The van der Waals surface area contributed by atoms with Crippen molar-refractivity contribution in [1.82, 2.24) is 10.3 Å². The number of aryl methyl sites for hydroxylation is 1. The summed E-state index contributed by atoms with van der Waals surface area (Å²) in [6.45, 7) is 4.02. The van der Waals surface area contributed by atoms with Gasteiger partial charge < -0.3 is 20.4 Å². The second-order valence-electron chi connectivity index (χ2n) is 8.25. The van der Waals surface area contributed by atoms with Crippen LogP contribution in [0.25, 0.3) is 0 Å². The van der Waals surface area contributed by atoms with E-state index in [-0.39, 0.29) is 11.9 Å². The molecular formula is C25H25N5O2. The molecule has 0 bridgehead atoms. The van der Waals surface area contributed by atoms with E-state index >= 15 is 0 Å². The number of carbonyl (C=O) groups excluding carboxylic acids is 2. The minimum Gasteiger partial charge on any atom is -0.348 e. The first-order valence-electron chi connectivity index (χ1n) is 10.8. The Morgan fingerprint density at radius 3 is 2.66 bits per heavy atom. The molecule has 2 aliphatic heterocycles. The zero-order valence-corrected chi connectivity index (χ0v) is 17.9. The lowest BCUT2D eigenvalue weighted by molar-refractivity contribution is -0.118. The summed E-state index contributed by atoms with van der Waals surface area (Å²) in [5, 5.41) is 5.81. The number of carbonyl (C=O) groups is 2. The lowest BCUT2D eigenvalue weighted by atomic mass is 10.1. The number of rotatable bonds is 4. The number of anilines is 3. The molecule has 0 spiro atoms. The molecule has 1 fully saturated rings. The van der Waals surface area contributed by atoms with Crippen molar-refractivity contribution in [2.24, 2.45) is 0 Å². The van der Waals surface area contributed by atoms with Gasteiger partial charge in [-0.25, -0.2) is 9.78 Å². The number of nitrogens with one attached hydrogen (secondary N) is 2. The van der Waals surface area contributed by atoms with Crippen molar-refractivity contribution in [2.75, 3.05) is 21.7 Å². The van der Waals surface area contributed by atoms with Crippen molar-refractivity contribution in [3.63, 3.8) is 0 Å². The van der Waals surface area contributed by atoms with Gasteiger partial charge in [-0.1, -0.05) is 35.9 Å². The maximum absolute atomic E-state index is 12.8. The second-order valence-corrected chi connectivity index (χ2v) is 8.25. The average Bonchev–Trinajstić information content (AvgIpc) is 3.40. The van der Waals surface area contributed by atoms with Gasteiger partial charge in [-0.2, -0.15) is 0 Å². The topological polar surface area (TPSA) is 77.6 Å². The first kappa shape index (κ1) is 20.1. The van der Waals surface area contributed by atoms with Crippen LogP contribution < -0.4 is 20.4 Å². The molecule has 3 aromatic rings. The zero-order valence-electron chi connectivity index (χ0n) is 17.9. The van der Waals surface area contributed by atoms with Crippen molar-refractivity contribution >= 4 is 29.1 Å². The van der Waals surface area contributed by atoms with Crippen LogP contribution in [0.3, 0.4) is 0 Å². The number of amides is 3. The Labute approximate surface area is 187 Å². The van der Waals surface area contributed by atoms with E-state index in [1.165, 1.54) is 0 Å². The summed E-state index contributed by atoms with van der Waals surface area (Å²) in [5.41, 5.74) is 5.01. The highest BCUT2D eigenvalue weighted by Crippen LogP contribution is 2.32. The van der Waals surface area contributed by atoms with E-state index < -0.39 is 6.04 Å². The van der Waals surface area contributed by atoms with Crippen molar-refractivity contribution in [3.05, 3.63) is 83.6 Å². The van der Waals surface area contributed by atoms with E-state index in [0.29, 0.717) is 19.5 Å². The van der Waals surface area contributed by atoms with Crippen molar-refractivity contribution in [2.45, 2.75) is 32.5 Å². The number of urea groups is 1. The van der Waals surface area contributed by atoms with E-state index in [4.69, 9.17) is 0 Å². The summed E-state index contributed by atoms with van der Waals surface area (Å²) in [5.74, 6) is 0.829. The van der Waals surface area contributed by atoms with Gasteiger partial charge in [0.2, 0.25) is 5.91 Å². The van der Waals surface area contributed by atoms with Gasteiger partial charge in [-0.05, 0) is 49.2 Å². The van der Waals surface area contributed by atoms with Gasteiger partial charge in [0.05, 0.1) is 0 Å². The minimum absolute atomic E-state index is 0.0800. The molecule has 7 nitrogen and oxygen atoms in total. The van der Waals surface area contributed by atoms with Gasteiger partial charge in [0.1, 0.15) is 11.9 Å². The van der Waals surface area contributed by atoms with Crippen LogP contribution in [0.4, 0.5) is 22.0 Å². The molecule has 3 amide bonds. The largest absolute Gasteiger partial charge is 0.348 e. The third-order valence-electron chi connectivity index (χ3n) is 6.06. The summed E-state index contributed by atoms with van der Waals surface area (Å²) in [7, 11) is 0. The highest BCUT2D eigenvalue weighted by atomic mass is 16.2. The smallest absolute Gasteiger partial charge is 0.319 e. The Morgan fingerprint density at radius 1 is 1.03 bits per heavy atom. The fraction of sp³-hybridized carbons (Fsp3) is 0.240. The maximum Gasteiger partial charge on any atom is 0.319 e. The monoisotopic (exact) mass is 427 g/mol. The highest BCUT2D eigenvalue weighted by Gasteiger charge is 2.34. The van der Waals surface area contributed by atoms with Crippen LogP contribution in [0.15, 0.2) is 66.9 Å². The van der Waals surface area contributed by atoms with E-state index in [0.717, 1.165) is 40.4 Å². The molecule has 2 aromatic carbocycles. The highest BCUT2D eigenvalue weighted by molar-refractivity contribution is 6.02. The summed E-state index contributed by atoms with van der Waals surface area (Å²) in [6, 6.07) is 18.7. The lowest BCUT2D eigenvalue weighted by Crippen LogP contribution is -2.43. The van der Waals surface area contributed by atoms with Crippen LogP contribution in [0.5, 0.6) is 0 Å². The third-order valence-corrected chi connectivity index (χ3v) is 6.06. The summed E-state index contributed by atoms with van der Waals surface area (Å²) in [4.78, 5) is 33.9. The number of hydrogen-bond donors (Lipinski definition) is 2. The zero-order chi connectivity index (χ0) is 22.1. The predicted molar refractivity (Wildman–Crippen MR) is 125 cm³/mol.